The fourth-order valence-electron chi connectivity index (χ4n) is 3.07. The maximum Gasteiger partial charge on any atom is 0.331 e. The highest BCUT2D eigenvalue weighted by Crippen LogP contribution is 2.21. The van der Waals surface area contributed by atoms with E-state index in [2.05, 4.69) is 0 Å². The number of hydrogen-bond acceptors (Lipinski definition) is 4. The molecule has 2 aromatic rings. The molecule has 0 unspecified atom stereocenters. The third-order valence-electron chi connectivity index (χ3n) is 4.73. The average molecular weight is 411 g/mol. The molecule has 2 aromatic carbocycles. The van der Waals surface area contributed by atoms with Crippen molar-refractivity contribution in [1.29, 1.82) is 0 Å². The van der Waals surface area contributed by atoms with Gasteiger partial charge in [-0.1, -0.05) is 68.4 Å². The van der Waals surface area contributed by atoms with Gasteiger partial charge in [0, 0.05) is 12.8 Å². The summed E-state index contributed by atoms with van der Waals surface area (Å²) in [5.74, 6) is 5.76. The number of carbonyl (C=O) groups is 2. The van der Waals surface area contributed by atoms with Gasteiger partial charge in [-0.15, -0.1) is 0 Å². The number of hydrogen-bond donors (Lipinski definition) is 1. The van der Waals surface area contributed by atoms with Crippen LogP contribution in [0.15, 0.2) is 54.6 Å². The van der Waals surface area contributed by atoms with Crippen LogP contribution in [0, 0.1) is 5.92 Å². The number of nitrogens with two attached hydrogens (primary N) is 1. The van der Waals surface area contributed by atoms with Gasteiger partial charge in [-0.05, 0) is 49.8 Å². The minimum absolute atomic E-state index is 0.250. The summed E-state index contributed by atoms with van der Waals surface area (Å²) in [5.41, 5.74) is 2.47. The fourth-order valence-corrected chi connectivity index (χ4v) is 3.07. The minimum Gasteiger partial charge on any atom is -0.458 e. The number of nitrogens with zero attached hydrogens (tertiary/aromatic N) is 1. The summed E-state index contributed by atoms with van der Waals surface area (Å²) in [7, 11) is 0. The Bertz CT molecular complexity index is 824. The molecule has 0 aliphatic carbocycles. The summed E-state index contributed by atoms with van der Waals surface area (Å²) in [6.45, 7) is 9.51. The lowest BCUT2D eigenvalue weighted by Crippen LogP contribution is -2.52. The van der Waals surface area contributed by atoms with Crippen molar-refractivity contribution in [3.05, 3.63) is 60.2 Å². The summed E-state index contributed by atoms with van der Waals surface area (Å²) in [6.07, 6.45) is 1.33. The van der Waals surface area contributed by atoms with Crippen molar-refractivity contribution < 1.29 is 14.3 Å². The molecule has 5 heteroatoms. The van der Waals surface area contributed by atoms with Gasteiger partial charge in [0.25, 0.3) is 0 Å². The third-order valence-corrected chi connectivity index (χ3v) is 4.73. The summed E-state index contributed by atoms with van der Waals surface area (Å²) < 4.78 is 5.55. The summed E-state index contributed by atoms with van der Waals surface area (Å²) in [5, 5.41) is 1.06. The molecule has 0 bridgehead atoms. The molecule has 0 saturated carbocycles. The van der Waals surface area contributed by atoms with Crippen LogP contribution in [0.25, 0.3) is 11.1 Å². The van der Waals surface area contributed by atoms with Crippen LogP contribution in [0.5, 0.6) is 0 Å². The molecule has 2 rings (SSSR count). The Morgan fingerprint density at radius 1 is 0.967 bits per heavy atom. The average Bonchev–Trinajstić information content (AvgIpc) is 2.69. The molecule has 0 aliphatic rings. The Morgan fingerprint density at radius 3 is 2.07 bits per heavy atom. The monoisotopic (exact) mass is 410 g/mol. The van der Waals surface area contributed by atoms with E-state index in [1.807, 2.05) is 68.4 Å². The van der Waals surface area contributed by atoms with Crippen LogP contribution in [0.3, 0.4) is 0 Å². The molecule has 2 N–H and O–H groups in total. The Labute approximate surface area is 180 Å². The molecular weight excluding hydrogens is 376 g/mol. The van der Waals surface area contributed by atoms with Crippen LogP contribution >= 0.6 is 0 Å². The quantitative estimate of drug-likeness (QED) is 0.295. The van der Waals surface area contributed by atoms with Gasteiger partial charge in [-0.3, -0.25) is 9.80 Å². The second-order valence-electron chi connectivity index (χ2n) is 9.05. The van der Waals surface area contributed by atoms with E-state index in [1.54, 1.807) is 20.8 Å². The van der Waals surface area contributed by atoms with E-state index in [1.165, 1.54) is 0 Å². The lowest BCUT2D eigenvalue weighted by atomic mass is 10.00. The first-order chi connectivity index (χ1) is 14.1. The summed E-state index contributed by atoms with van der Waals surface area (Å²) in [4.78, 5) is 25.4. The van der Waals surface area contributed by atoms with E-state index in [0.29, 0.717) is 18.8 Å². The second-order valence-corrected chi connectivity index (χ2v) is 9.05. The van der Waals surface area contributed by atoms with E-state index < -0.39 is 17.6 Å². The SMILES string of the molecule is CC(C)CCC(=O)N(N)[C@@H](Cc1ccc(-c2ccccc2)cc1)C(=O)OC(C)(C)C. The van der Waals surface area contributed by atoms with E-state index in [-0.39, 0.29) is 5.91 Å². The van der Waals surface area contributed by atoms with Gasteiger partial charge in [0.2, 0.25) is 5.91 Å². The van der Waals surface area contributed by atoms with Gasteiger partial charge in [-0.2, -0.15) is 0 Å². The van der Waals surface area contributed by atoms with Crippen molar-refractivity contribution in [2.45, 2.75) is 65.5 Å². The highest BCUT2D eigenvalue weighted by molar-refractivity contribution is 5.84. The Kier molecular flexibility index (Phi) is 8.18. The van der Waals surface area contributed by atoms with Crippen LogP contribution < -0.4 is 5.84 Å². The molecule has 0 heterocycles. The van der Waals surface area contributed by atoms with Gasteiger partial charge in [0.15, 0.2) is 0 Å². The topological polar surface area (TPSA) is 72.6 Å². The highest BCUT2D eigenvalue weighted by Gasteiger charge is 2.32. The molecule has 0 aliphatic heterocycles. The van der Waals surface area contributed by atoms with Crippen molar-refractivity contribution >= 4 is 11.9 Å². The van der Waals surface area contributed by atoms with Gasteiger partial charge in [-0.25, -0.2) is 10.6 Å². The van der Waals surface area contributed by atoms with Crippen molar-refractivity contribution in [1.82, 2.24) is 5.01 Å². The molecule has 1 amide bonds. The molecule has 0 radical (unpaired) electrons. The first-order valence-electron chi connectivity index (χ1n) is 10.5. The molecule has 1 atom stereocenters. The van der Waals surface area contributed by atoms with Crippen LogP contribution in [0.4, 0.5) is 0 Å². The second kappa shape index (κ2) is 10.4. The Balaban J connectivity index is 2.19. The number of esters is 1. The molecule has 0 spiro atoms. The number of ether oxygens (including phenoxy) is 1. The lowest BCUT2D eigenvalue weighted by molar-refractivity contribution is -0.165. The molecule has 5 nitrogen and oxygen atoms in total. The van der Waals surface area contributed by atoms with E-state index in [0.717, 1.165) is 28.1 Å². The first kappa shape index (κ1) is 23.6. The number of benzene rings is 2. The predicted molar refractivity (Wildman–Crippen MR) is 120 cm³/mol. The molecular formula is C25H34N2O3. The Hall–Kier alpha value is -2.66. The van der Waals surface area contributed by atoms with Gasteiger partial charge in [0.05, 0.1) is 0 Å². The lowest BCUT2D eigenvalue weighted by Gasteiger charge is -2.29. The van der Waals surface area contributed by atoms with Crippen LogP contribution in [0.1, 0.15) is 53.0 Å². The standard InChI is InChI=1S/C25H34N2O3/c1-18(2)11-16-23(28)27(26)22(24(29)30-25(3,4)5)17-19-12-14-21(15-13-19)20-9-7-6-8-10-20/h6-10,12-15,18,22H,11,16-17,26H2,1-5H3/t22-/m0/s1. The van der Waals surface area contributed by atoms with Crippen molar-refractivity contribution in [2.75, 3.05) is 0 Å². The molecule has 0 saturated heterocycles. The van der Waals surface area contributed by atoms with Crippen molar-refractivity contribution in [3.63, 3.8) is 0 Å². The van der Waals surface area contributed by atoms with E-state index >= 15 is 0 Å². The molecule has 30 heavy (non-hydrogen) atoms. The number of carbonyl (C=O) groups excluding carboxylic acids is 2. The van der Waals surface area contributed by atoms with Gasteiger partial charge >= 0.3 is 5.97 Å². The first-order valence-corrected chi connectivity index (χ1v) is 10.5. The molecule has 0 aromatic heterocycles. The summed E-state index contributed by atoms with van der Waals surface area (Å²) in [6, 6.07) is 17.2. The Morgan fingerprint density at radius 2 is 1.53 bits per heavy atom. The fraction of sp³-hybridized carbons (Fsp3) is 0.440. The zero-order valence-electron chi connectivity index (χ0n) is 18.7. The van der Waals surface area contributed by atoms with Crippen LogP contribution in [0.2, 0.25) is 0 Å². The zero-order valence-corrected chi connectivity index (χ0v) is 18.7. The molecule has 162 valence electrons. The smallest absolute Gasteiger partial charge is 0.331 e. The van der Waals surface area contributed by atoms with E-state index in [4.69, 9.17) is 10.6 Å². The maximum atomic E-state index is 12.8. The number of amides is 1. The van der Waals surface area contributed by atoms with E-state index in [9.17, 15) is 9.59 Å². The van der Waals surface area contributed by atoms with Gasteiger partial charge < -0.3 is 4.74 Å². The minimum atomic E-state index is -0.869. The van der Waals surface area contributed by atoms with Crippen molar-refractivity contribution in [3.8, 4) is 11.1 Å². The predicted octanol–water partition coefficient (Wildman–Crippen LogP) is 4.74. The highest BCUT2D eigenvalue weighted by atomic mass is 16.6. The maximum absolute atomic E-state index is 12.8. The summed E-state index contributed by atoms with van der Waals surface area (Å²) >= 11 is 0. The normalized spacial score (nSPS) is 12.5. The number of rotatable bonds is 8. The largest absolute Gasteiger partial charge is 0.458 e. The number of hydrazine groups is 1. The molecule has 0 fully saturated rings. The van der Waals surface area contributed by atoms with Crippen molar-refractivity contribution in [2.24, 2.45) is 11.8 Å². The van der Waals surface area contributed by atoms with Crippen LogP contribution in [-0.2, 0) is 20.7 Å². The zero-order chi connectivity index (χ0) is 22.3. The third kappa shape index (κ3) is 7.30. The van der Waals surface area contributed by atoms with Crippen LogP contribution in [-0.4, -0.2) is 28.5 Å². The van der Waals surface area contributed by atoms with Gasteiger partial charge in [0.1, 0.15) is 11.6 Å².